The number of hydrogen-bond acceptors (Lipinski definition) is 8. The van der Waals surface area contributed by atoms with Crippen molar-refractivity contribution in [2.75, 3.05) is 13.7 Å². The van der Waals surface area contributed by atoms with Gasteiger partial charge in [-0.2, -0.15) is 0 Å². The number of fused-ring (bicyclic) bond motifs is 1. The fourth-order valence-corrected chi connectivity index (χ4v) is 4.17. The number of carbonyl (C=O) groups excluding carboxylic acids is 1. The van der Waals surface area contributed by atoms with Gasteiger partial charge in [-0.3, -0.25) is 4.90 Å². The zero-order chi connectivity index (χ0) is 23.1. The third-order valence-electron chi connectivity index (χ3n) is 4.63. The number of carboxylic acid groups (broad SMARTS) is 2. The fourth-order valence-electron chi connectivity index (χ4n) is 3.04. The van der Waals surface area contributed by atoms with Crippen LogP contribution in [0.3, 0.4) is 0 Å². The zero-order valence-corrected chi connectivity index (χ0v) is 18.0. The van der Waals surface area contributed by atoms with Crippen molar-refractivity contribution in [2.24, 2.45) is 0 Å². The number of nitrogens with zero attached hydrogens (tertiary/aromatic N) is 1. The molecule has 0 fully saturated rings. The van der Waals surface area contributed by atoms with Crippen molar-refractivity contribution < 1.29 is 39.5 Å². The number of methoxy groups -OCH3 is 1. The monoisotopic (exact) mass is 471 g/mol. The molecule has 31 heavy (non-hydrogen) atoms. The normalized spacial score (nSPS) is 16.1. The molecule has 0 aliphatic carbocycles. The molecule has 1 aliphatic heterocycles. The number of esters is 1. The van der Waals surface area contributed by atoms with Gasteiger partial charge in [-0.25, -0.2) is 14.4 Å². The minimum absolute atomic E-state index is 0.262. The summed E-state index contributed by atoms with van der Waals surface area (Å²) in [6, 6.07) is 9.16. The standard InChI is InChI=1S/C16H16ClNO2S.C4H6O6/c1-20-16(19)15(12-4-2-3-5-13(12)17)18-8-6-14-11(10-18)7-9-21-14;5-1(3(7)8)2(6)4(9)10/h2-5,7,9,15H,6,8,10H2,1H3;1-2,5-6H,(H,7,8)(H,9,10). The highest BCUT2D eigenvalue weighted by Gasteiger charge is 2.32. The van der Waals surface area contributed by atoms with E-state index in [1.54, 1.807) is 11.3 Å². The summed E-state index contributed by atoms with van der Waals surface area (Å²) in [6.07, 6.45) is -3.57. The molecule has 0 amide bonds. The summed E-state index contributed by atoms with van der Waals surface area (Å²) in [7, 11) is 1.42. The number of ether oxygens (including phenoxy) is 1. The summed E-state index contributed by atoms with van der Waals surface area (Å²) in [5, 5.41) is 35.2. The van der Waals surface area contributed by atoms with Crippen LogP contribution in [0.4, 0.5) is 0 Å². The molecular weight excluding hydrogens is 450 g/mol. The number of carboxylic acids is 2. The first-order chi connectivity index (χ1) is 14.7. The van der Waals surface area contributed by atoms with Crippen LogP contribution in [0.25, 0.3) is 0 Å². The first-order valence-corrected chi connectivity index (χ1v) is 10.4. The lowest BCUT2D eigenvalue weighted by Crippen LogP contribution is -2.39. The fraction of sp³-hybridized carbons (Fsp3) is 0.350. The van der Waals surface area contributed by atoms with Crippen LogP contribution in [0.2, 0.25) is 5.02 Å². The molecular formula is C20H22ClNO8S. The second-order valence-corrected chi connectivity index (χ2v) is 8.01. The van der Waals surface area contributed by atoms with Gasteiger partial charge in [-0.1, -0.05) is 29.8 Å². The Labute approximate surface area is 187 Å². The molecule has 2 aromatic rings. The van der Waals surface area contributed by atoms with Crippen molar-refractivity contribution >= 4 is 40.8 Å². The van der Waals surface area contributed by atoms with Crippen LogP contribution in [0.1, 0.15) is 22.0 Å². The summed E-state index contributed by atoms with van der Waals surface area (Å²) in [5.41, 5.74) is 2.11. The average Bonchev–Trinajstić information content (AvgIpc) is 3.22. The van der Waals surface area contributed by atoms with Gasteiger partial charge in [0.15, 0.2) is 12.2 Å². The number of halogens is 1. The van der Waals surface area contributed by atoms with Crippen LogP contribution in [0.15, 0.2) is 35.7 Å². The van der Waals surface area contributed by atoms with E-state index in [0.29, 0.717) is 5.02 Å². The summed E-state index contributed by atoms with van der Waals surface area (Å²) < 4.78 is 5.01. The Bertz CT molecular complexity index is 915. The molecule has 0 spiro atoms. The minimum Gasteiger partial charge on any atom is -0.479 e. The molecule has 11 heteroatoms. The number of rotatable bonds is 6. The summed E-state index contributed by atoms with van der Waals surface area (Å²) in [4.78, 5) is 35.4. The van der Waals surface area contributed by atoms with Crippen molar-refractivity contribution in [1.29, 1.82) is 0 Å². The number of aliphatic hydroxyl groups excluding tert-OH is 2. The quantitative estimate of drug-likeness (QED) is 0.461. The first kappa shape index (κ1) is 24.8. The molecule has 3 atom stereocenters. The van der Waals surface area contributed by atoms with E-state index in [1.807, 2.05) is 24.3 Å². The van der Waals surface area contributed by atoms with E-state index in [4.69, 9.17) is 36.8 Å². The molecule has 3 rings (SSSR count). The van der Waals surface area contributed by atoms with Crippen LogP contribution in [0, 0.1) is 0 Å². The van der Waals surface area contributed by atoms with Gasteiger partial charge in [-0.15, -0.1) is 11.3 Å². The topological polar surface area (TPSA) is 145 Å². The highest BCUT2D eigenvalue weighted by atomic mass is 35.5. The van der Waals surface area contributed by atoms with Gasteiger partial charge in [0.05, 0.1) is 7.11 Å². The lowest BCUT2D eigenvalue weighted by molar-refractivity contribution is -0.165. The number of aliphatic carboxylic acids is 2. The first-order valence-electron chi connectivity index (χ1n) is 9.10. The summed E-state index contributed by atoms with van der Waals surface area (Å²) in [5.74, 6) is -3.80. The molecule has 3 unspecified atom stereocenters. The van der Waals surface area contributed by atoms with Gasteiger partial charge in [0.1, 0.15) is 6.04 Å². The maximum atomic E-state index is 12.3. The number of aliphatic hydroxyl groups is 2. The van der Waals surface area contributed by atoms with E-state index < -0.39 is 30.2 Å². The van der Waals surface area contributed by atoms with Crippen LogP contribution in [0.5, 0.6) is 0 Å². The van der Waals surface area contributed by atoms with E-state index >= 15 is 0 Å². The molecule has 1 aromatic carbocycles. The maximum Gasteiger partial charge on any atom is 0.335 e. The molecule has 0 bridgehead atoms. The second-order valence-electron chi connectivity index (χ2n) is 6.60. The third-order valence-corrected chi connectivity index (χ3v) is 6.00. The summed E-state index contributed by atoms with van der Waals surface area (Å²) in [6.45, 7) is 1.59. The lowest BCUT2D eigenvalue weighted by atomic mass is 10.0. The molecule has 9 nitrogen and oxygen atoms in total. The molecule has 0 saturated carbocycles. The van der Waals surface area contributed by atoms with Gasteiger partial charge >= 0.3 is 17.9 Å². The molecule has 1 aliphatic rings. The Hall–Kier alpha value is -2.50. The third kappa shape index (κ3) is 6.25. The molecule has 1 aromatic heterocycles. The van der Waals surface area contributed by atoms with Gasteiger partial charge in [0.25, 0.3) is 0 Å². The molecule has 4 N–H and O–H groups in total. The molecule has 0 radical (unpaired) electrons. The maximum absolute atomic E-state index is 12.3. The Morgan fingerprint density at radius 3 is 2.26 bits per heavy atom. The van der Waals surface area contributed by atoms with Gasteiger partial charge in [-0.05, 0) is 35.1 Å². The number of carbonyl (C=O) groups is 3. The predicted molar refractivity (Wildman–Crippen MR) is 112 cm³/mol. The van der Waals surface area contributed by atoms with E-state index in [0.717, 1.165) is 25.1 Å². The Morgan fingerprint density at radius 2 is 1.71 bits per heavy atom. The molecule has 0 saturated heterocycles. The van der Waals surface area contributed by atoms with E-state index in [9.17, 15) is 14.4 Å². The highest BCUT2D eigenvalue weighted by Crippen LogP contribution is 2.33. The Morgan fingerprint density at radius 1 is 1.10 bits per heavy atom. The van der Waals surface area contributed by atoms with E-state index in [-0.39, 0.29) is 5.97 Å². The summed E-state index contributed by atoms with van der Waals surface area (Å²) >= 11 is 8.07. The second kappa shape index (κ2) is 11.2. The van der Waals surface area contributed by atoms with Crippen molar-refractivity contribution in [3.8, 4) is 0 Å². The number of thiophene rings is 1. The minimum atomic E-state index is -2.27. The van der Waals surface area contributed by atoms with Gasteiger partial charge < -0.3 is 25.2 Å². The van der Waals surface area contributed by atoms with E-state index in [2.05, 4.69) is 16.3 Å². The van der Waals surface area contributed by atoms with E-state index in [1.165, 1.54) is 17.6 Å². The van der Waals surface area contributed by atoms with Crippen molar-refractivity contribution in [1.82, 2.24) is 4.90 Å². The smallest absolute Gasteiger partial charge is 0.335 e. The van der Waals surface area contributed by atoms with Crippen molar-refractivity contribution in [3.05, 3.63) is 56.7 Å². The average molecular weight is 472 g/mol. The van der Waals surface area contributed by atoms with Gasteiger partial charge in [0, 0.05) is 23.0 Å². The zero-order valence-electron chi connectivity index (χ0n) is 16.5. The Kier molecular flexibility index (Phi) is 8.96. The van der Waals surface area contributed by atoms with Crippen LogP contribution in [-0.2, 0) is 32.1 Å². The molecule has 2 heterocycles. The lowest BCUT2D eigenvalue weighted by Gasteiger charge is -2.33. The number of benzene rings is 1. The predicted octanol–water partition coefficient (Wildman–Crippen LogP) is 1.55. The van der Waals surface area contributed by atoms with Crippen LogP contribution >= 0.6 is 22.9 Å². The van der Waals surface area contributed by atoms with Crippen LogP contribution < -0.4 is 0 Å². The van der Waals surface area contributed by atoms with Gasteiger partial charge in [0.2, 0.25) is 0 Å². The molecule has 168 valence electrons. The van der Waals surface area contributed by atoms with Crippen molar-refractivity contribution in [3.63, 3.8) is 0 Å². The Balaban J connectivity index is 0.000000291. The highest BCUT2D eigenvalue weighted by molar-refractivity contribution is 7.10. The van der Waals surface area contributed by atoms with Crippen molar-refractivity contribution in [2.45, 2.75) is 31.2 Å². The largest absolute Gasteiger partial charge is 0.479 e. The SMILES string of the molecule is COC(=O)C(c1ccccc1Cl)N1CCc2sccc2C1.O=C(O)C(O)C(O)C(=O)O. The number of hydrogen-bond donors (Lipinski definition) is 4. The van der Waals surface area contributed by atoms with Crippen LogP contribution in [-0.4, -0.2) is 69.1 Å².